The molecule has 1 fully saturated rings. The molecule has 1 aliphatic heterocycles. The minimum Gasteiger partial charge on any atom is -0.343 e. The van der Waals surface area contributed by atoms with Crippen molar-refractivity contribution < 1.29 is 4.79 Å². The standard InChI is InChI=1S/C20H26N6O2/c1-12-10-20(28)26-18(21-12)11-17(24-26)15-6-8-25(9-7-15)19(27)5-4-16-13(2)22-23-14(16)3/h10-11,15,24H,4-9H2,1-3H3,(H,22,23). The fourth-order valence-corrected chi connectivity index (χ4v) is 4.11. The van der Waals surface area contributed by atoms with E-state index in [4.69, 9.17) is 0 Å². The Kier molecular flexibility index (Phi) is 4.78. The van der Waals surface area contributed by atoms with Crippen molar-refractivity contribution in [2.24, 2.45) is 0 Å². The molecule has 2 N–H and O–H groups in total. The maximum atomic E-state index is 12.6. The molecule has 1 aliphatic rings. The van der Waals surface area contributed by atoms with E-state index in [-0.39, 0.29) is 11.5 Å². The zero-order valence-corrected chi connectivity index (χ0v) is 16.6. The van der Waals surface area contributed by atoms with Crippen molar-refractivity contribution in [3.63, 3.8) is 0 Å². The van der Waals surface area contributed by atoms with Crippen LogP contribution in [0, 0.1) is 20.8 Å². The van der Waals surface area contributed by atoms with Gasteiger partial charge >= 0.3 is 0 Å². The molecule has 3 aromatic heterocycles. The largest absolute Gasteiger partial charge is 0.343 e. The van der Waals surface area contributed by atoms with E-state index in [1.807, 2.05) is 31.7 Å². The third-order valence-corrected chi connectivity index (χ3v) is 5.76. The number of H-pyrrole nitrogens is 2. The van der Waals surface area contributed by atoms with Crippen molar-refractivity contribution >= 4 is 11.6 Å². The van der Waals surface area contributed by atoms with Gasteiger partial charge in [-0.15, -0.1) is 0 Å². The Morgan fingerprint density at radius 1 is 1.21 bits per heavy atom. The number of aromatic amines is 2. The summed E-state index contributed by atoms with van der Waals surface area (Å²) in [4.78, 5) is 31.1. The number of amides is 1. The Hall–Kier alpha value is -2.90. The van der Waals surface area contributed by atoms with Gasteiger partial charge in [0.1, 0.15) is 0 Å². The normalized spacial score (nSPS) is 15.5. The van der Waals surface area contributed by atoms with Gasteiger partial charge in [-0.3, -0.25) is 19.8 Å². The number of likely N-dealkylation sites (tertiary alicyclic amines) is 1. The number of rotatable bonds is 4. The lowest BCUT2D eigenvalue weighted by Crippen LogP contribution is -2.38. The molecule has 0 saturated carbocycles. The second-order valence-corrected chi connectivity index (χ2v) is 7.71. The molecule has 0 aliphatic carbocycles. The quantitative estimate of drug-likeness (QED) is 0.721. The lowest BCUT2D eigenvalue weighted by atomic mass is 9.93. The summed E-state index contributed by atoms with van der Waals surface area (Å²) in [6.07, 6.45) is 3.01. The molecule has 3 aromatic rings. The van der Waals surface area contributed by atoms with E-state index in [0.29, 0.717) is 18.0 Å². The summed E-state index contributed by atoms with van der Waals surface area (Å²) in [6.45, 7) is 7.27. The van der Waals surface area contributed by atoms with E-state index in [2.05, 4.69) is 20.3 Å². The number of aromatic nitrogens is 5. The first-order chi connectivity index (χ1) is 13.4. The molecule has 0 spiro atoms. The number of aryl methyl sites for hydroxylation is 3. The topological polar surface area (TPSA) is 99.1 Å². The third-order valence-electron chi connectivity index (χ3n) is 5.76. The number of fused-ring (bicyclic) bond motifs is 1. The smallest absolute Gasteiger partial charge is 0.272 e. The maximum absolute atomic E-state index is 12.6. The summed E-state index contributed by atoms with van der Waals surface area (Å²) in [5.41, 5.74) is 5.47. The summed E-state index contributed by atoms with van der Waals surface area (Å²) >= 11 is 0. The van der Waals surface area contributed by atoms with Gasteiger partial charge in [0.25, 0.3) is 5.56 Å². The number of piperidine rings is 1. The Labute approximate surface area is 163 Å². The lowest BCUT2D eigenvalue weighted by molar-refractivity contribution is -0.132. The Balaban J connectivity index is 1.37. The molecule has 0 bridgehead atoms. The fourth-order valence-electron chi connectivity index (χ4n) is 4.11. The average Bonchev–Trinajstić information content (AvgIpc) is 3.24. The summed E-state index contributed by atoms with van der Waals surface area (Å²) < 4.78 is 1.50. The van der Waals surface area contributed by atoms with Gasteiger partial charge in [-0.2, -0.15) is 5.10 Å². The molecule has 0 aromatic carbocycles. The van der Waals surface area contributed by atoms with Crippen LogP contribution in [0.25, 0.3) is 5.65 Å². The number of hydrogen-bond acceptors (Lipinski definition) is 4. The van der Waals surface area contributed by atoms with Crippen molar-refractivity contribution in [1.29, 1.82) is 0 Å². The summed E-state index contributed by atoms with van der Waals surface area (Å²) in [5, 5.41) is 10.4. The number of nitrogens with one attached hydrogen (secondary N) is 2. The highest BCUT2D eigenvalue weighted by Gasteiger charge is 2.25. The van der Waals surface area contributed by atoms with Crippen molar-refractivity contribution in [3.05, 3.63) is 50.8 Å². The van der Waals surface area contributed by atoms with Crippen LogP contribution in [0.2, 0.25) is 0 Å². The van der Waals surface area contributed by atoms with Crippen LogP contribution in [0.4, 0.5) is 0 Å². The van der Waals surface area contributed by atoms with E-state index < -0.39 is 0 Å². The Morgan fingerprint density at radius 3 is 2.64 bits per heavy atom. The predicted octanol–water partition coefficient (Wildman–Crippen LogP) is 2.01. The minimum atomic E-state index is -0.0915. The first-order valence-electron chi connectivity index (χ1n) is 9.80. The first-order valence-corrected chi connectivity index (χ1v) is 9.80. The van der Waals surface area contributed by atoms with Crippen molar-refractivity contribution in [2.75, 3.05) is 13.1 Å². The zero-order valence-electron chi connectivity index (χ0n) is 16.6. The number of carbonyl (C=O) groups excluding carboxylic acids is 1. The molecule has 4 heterocycles. The molecule has 148 valence electrons. The van der Waals surface area contributed by atoms with Crippen LogP contribution >= 0.6 is 0 Å². The average molecular weight is 382 g/mol. The van der Waals surface area contributed by atoms with Gasteiger partial charge in [-0.05, 0) is 45.6 Å². The zero-order chi connectivity index (χ0) is 19.8. The maximum Gasteiger partial charge on any atom is 0.272 e. The molecule has 0 radical (unpaired) electrons. The van der Waals surface area contributed by atoms with Crippen LogP contribution in [0.5, 0.6) is 0 Å². The van der Waals surface area contributed by atoms with Crippen LogP contribution in [-0.4, -0.2) is 48.7 Å². The van der Waals surface area contributed by atoms with Gasteiger partial charge in [-0.1, -0.05) is 0 Å². The SMILES string of the molecule is Cc1cc(=O)n2[nH]c(C3CCN(C(=O)CCc4c(C)n[nH]c4C)CC3)cc2n1. The van der Waals surface area contributed by atoms with Crippen LogP contribution in [0.3, 0.4) is 0 Å². The van der Waals surface area contributed by atoms with Crippen LogP contribution in [-0.2, 0) is 11.2 Å². The first kappa shape index (κ1) is 18.5. The molecular weight excluding hydrogens is 356 g/mol. The minimum absolute atomic E-state index is 0.0915. The Bertz CT molecular complexity index is 1050. The number of nitrogens with zero attached hydrogens (tertiary/aromatic N) is 4. The molecule has 8 heteroatoms. The van der Waals surface area contributed by atoms with Crippen molar-refractivity contribution in [1.82, 2.24) is 29.7 Å². The van der Waals surface area contributed by atoms with Crippen LogP contribution < -0.4 is 5.56 Å². The van der Waals surface area contributed by atoms with E-state index in [9.17, 15) is 9.59 Å². The third kappa shape index (κ3) is 3.46. The highest BCUT2D eigenvalue weighted by molar-refractivity contribution is 5.76. The van der Waals surface area contributed by atoms with Gasteiger partial charge < -0.3 is 4.90 Å². The summed E-state index contributed by atoms with van der Waals surface area (Å²) in [7, 11) is 0. The molecule has 28 heavy (non-hydrogen) atoms. The van der Waals surface area contributed by atoms with Crippen LogP contribution in [0.1, 0.15) is 53.5 Å². The molecule has 8 nitrogen and oxygen atoms in total. The summed E-state index contributed by atoms with van der Waals surface area (Å²) in [6, 6.07) is 3.49. The van der Waals surface area contributed by atoms with Gasteiger partial charge in [-0.25, -0.2) is 9.50 Å². The van der Waals surface area contributed by atoms with Crippen LogP contribution in [0.15, 0.2) is 16.9 Å². The fraction of sp³-hybridized carbons (Fsp3) is 0.500. The van der Waals surface area contributed by atoms with E-state index in [1.54, 1.807) is 0 Å². The van der Waals surface area contributed by atoms with Gasteiger partial charge in [0.15, 0.2) is 5.65 Å². The molecule has 4 rings (SSSR count). The second kappa shape index (κ2) is 7.26. The van der Waals surface area contributed by atoms with Crippen molar-refractivity contribution in [3.8, 4) is 0 Å². The van der Waals surface area contributed by atoms with E-state index >= 15 is 0 Å². The lowest BCUT2D eigenvalue weighted by Gasteiger charge is -2.31. The monoisotopic (exact) mass is 382 g/mol. The van der Waals surface area contributed by atoms with Gasteiger partial charge in [0.05, 0.1) is 5.69 Å². The highest BCUT2D eigenvalue weighted by atomic mass is 16.2. The van der Waals surface area contributed by atoms with Crippen molar-refractivity contribution in [2.45, 2.75) is 52.4 Å². The predicted molar refractivity (Wildman–Crippen MR) is 105 cm³/mol. The molecule has 0 unspecified atom stereocenters. The molecule has 1 saturated heterocycles. The molecule has 1 amide bonds. The van der Waals surface area contributed by atoms with Gasteiger partial charge in [0.2, 0.25) is 5.91 Å². The van der Waals surface area contributed by atoms with Gasteiger partial charge in [0, 0.05) is 54.6 Å². The summed E-state index contributed by atoms with van der Waals surface area (Å²) in [5.74, 6) is 0.507. The highest BCUT2D eigenvalue weighted by Crippen LogP contribution is 2.28. The second-order valence-electron chi connectivity index (χ2n) is 7.71. The number of carbonyl (C=O) groups is 1. The molecular formula is C20H26N6O2. The van der Waals surface area contributed by atoms with E-state index in [1.165, 1.54) is 10.6 Å². The molecule has 0 atom stereocenters. The Morgan fingerprint density at radius 2 is 1.96 bits per heavy atom. The number of hydrogen-bond donors (Lipinski definition) is 2. The van der Waals surface area contributed by atoms with E-state index in [0.717, 1.165) is 60.7 Å².